The third-order valence-corrected chi connectivity index (χ3v) is 8.81. The highest BCUT2D eigenvalue weighted by Crippen LogP contribution is 2.26. The van der Waals surface area contributed by atoms with Crippen LogP contribution in [-0.2, 0) is 32.6 Å². The first-order valence-electron chi connectivity index (χ1n) is 12.7. The molecule has 0 heterocycles. The van der Waals surface area contributed by atoms with Crippen LogP contribution in [0, 0.1) is 0 Å². The molecule has 0 aliphatic rings. The minimum absolute atomic E-state index is 0.0130. The number of carbonyl (C=O) groups is 2. The van der Waals surface area contributed by atoms with Gasteiger partial charge in [-0.2, -0.15) is 0 Å². The minimum Gasteiger partial charge on any atom is -0.352 e. The molecule has 0 spiro atoms. The maximum Gasteiger partial charge on any atom is 0.244 e. The molecule has 0 aliphatic carbocycles. The molecule has 0 saturated carbocycles. The van der Waals surface area contributed by atoms with Crippen molar-refractivity contribution in [2.75, 3.05) is 17.1 Å². The Morgan fingerprint density at radius 2 is 1.60 bits per heavy atom. The second kappa shape index (κ2) is 14.3. The fraction of sp³-hybridized carbons (Fsp3) is 0.310. The standard InChI is InChI=1S/C29H32BrCl2N3O4S/c1-4-20(2)33-29(37)27(17-21-8-6-5-7-9-21)34(18-22-10-15-25(31)26(32)16-22)28(36)19-35(40(3,38)39)24-13-11-23(30)12-14-24/h5-16,20,27H,4,17-19H2,1-3H3,(H,33,37)/t20-,27+/m1/s1. The lowest BCUT2D eigenvalue weighted by atomic mass is 10.0. The molecule has 0 saturated heterocycles. The number of hydrogen-bond donors (Lipinski definition) is 1. The number of nitrogens with zero attached hydrogens (tertiary/aromatic N) is 2. The number of amides is 2. The van der Waals surface area contributed by atoms with Crippen molar-refractivity contribution >= 4 is 66.7 Å². The zero-order chi connectivity index (χ0) is 29.4. The summed E-state index contributed by atoms with van der Waals surface area (Å²) in [5.74, 6) is -0.874. The monoisotopic (exact) mass is 667 g/mol. The minimum atomic E-state index is -3.84. The van der Waals surface area contributed by atoms with E-state index in [-0.39, 0.29) is 24.9 Å². The van der Waals surface area contributed by atoms with Crippen LogP contribution in [0.15, 0.2) is 77.3 Å². The summed E-state index contributed by atoms with van der Waals surface area (Å²) < 4.78 is 27.5. The van der Waals surface area contributed by atoms with Gasteiger partial charge in [-0.1, -0.05) is 82.5 Å². The lowest BCUT2D eigenvalue weighted by Crippen LogP contribution is -2.54. The van der Waals surface area contributed by atoms with Gasteiger partial charge in [0, 0.05) is 23.5 Å². The van der Waals surface area contributed by atoms with E-state index in [1.807, 2.05) is 44.2 Å². The first-order valence-corrected chi connectivity index (χ1v) is 16.1. The van der Waals surface area contributed by atoms with Crippen LogP contribution in [0.5, 0.6) is 0 Å². The van der Waals surface area contributed by atoms with E-state index in [4.69, 9.17) is 23.2 Å². The molecule has 0 aromatic heterocycles. The lowest BCUT2D eigenvalue weighted by molar-refractivity contribution is -0.140. The van der Waals surface area contributed by atoms with Crippen LogP contribution >= 0.6 is 39.1 Å². The Hall–Kier alpha value is -2.59. The van der Waals surface area contributed by atoms with Crippen LogP contribution in [0.3, 0.4) is 0 Å². The van der Waals surface area contributed by atoms with Gasteiger partial charge in [0.2, 0.25) is 21.8 Å². The average Bonchev–Trinajstić information content (AvgIpc) is 2.91. The maximum atomic E-state index is 14.1. The van der Waals surface area contributed by atoms with Gasteiger partial charge >= 0.3 is 0 Å². The normalized spacial score (nSPS) is 12.8. The molecule has 0 bridgehead atoms. The summed E-state index contributed by atoms with van der Waals surface area (Å²) in [7, 11) is -3.84. The number of halogens is 3. The molecular weight excluding hydrogens is 637 g/mol. The molecular formula is C29H32BrCl2N3O4S. The van der Waals surface area contributed by atoms with E-state index in [0.29, 0.717) is 27.7 Å². The number of rotatable bonds is 12. The van der Waals surface area contributed by atoms with Crippen molar-refractivity contribution in [1.82, 2.24) is 10.2 Å². The first-order chi connectivity index (χ1) is 18.9. The van der Waals surface area contributed by atoms with Gasteiger partial charge in [-0.3, -0.25) is 13.9 Å². The van der Waals surface area contributed by atoms with E-state index in [1.54, 1.807) is 42.5 Å². The summed E-state index contributed by atoms with van der Waals surface area (Å²) in [5.41, 5.74) is 1.83. The summed E-state index contributed by atoms with van der Waals surface area (Å²) in [6, 6.07) is 19.9. The summed E-state index contributed by atoms with van der Waals surface area (Å²) in [6.45, 7) is 3.36. The molecule has 2 amide bonds. The first kappa shape index (κ1) is 31.9. The Bertz CT molecular complexity index is 1420. The van der Waals surface area contributed by atoms with Gasteiger partial charge in [0.05, 0.1) is 22.0 Å². The highest BCUT2D eigenvalue weighted by molar-refractivity contribution is 9.10. The van der Waals surface area contributed by atoms with Crippen LogP contribution < -0.4 is 9.62 Å². The Balaban J connectivity index is 2.07. The molecule has 7 nitrogen and oxygen atoms in total. The maximum absolute atomic E-state index is 14.1. The molecule has 3 rings (SSSR count). The van der Waals surface area contributed by atoms with Gasteiger partial charge in [-0.25, -0.2) is 8.42 Å². The molecule has 3 aromatic rings. The van der Waals surface area contributed by atoms with Crippen LogP contribution in [0.25, 0.3) is 0 Å². The number of benzene rings is 3. The second-order valence-electron chi connectivity index (χ2n) is 9.54. The van der Waals surface area contributed by atoms with Crippen LogP contribution in [0.4, 0.5) is 5.69 Å². The zero-order valence-electron chi connectivity index (χ0n) is 22.5. The largest absolute Gasteiger partial charge is 0.352 e. The summed E-state index contributed by atoms with van der Waals surface area (Å²) in [6.07, 6.45) is 1.98. The Morgan fingerprint density at radius 1 is 0.950 bits per heavy atom. The topological polar surface area (TPSA) is 86.8 Å². The lowest BCUT2D eigenvalue weighted by Gasteiger charge is -2.34. The van der Waals surface area contributed by atoms with Crippen LogP contribution in [-0.4, -0.2) is 50.0 Å². The van der Waals surface area contributed by atoms with Crippen LogP contribution in [0.2, 0.25) is 10.0 Å². The number of anilines is 1. The summed E-state index contributed by atoms with van der Waals surface area (Å²) in [4.78, 5) is 29.2. The molecule has 0 unspecified atom stereocenters. The Kier molecular flexibility index (Phi) is 11.5. The molecule has 1 N–H and O–H groups in total. The van der Waals surface area contributed by atoms with E-state index in [1.165, 1.54) is 4.90 Å². The van der Waals surface area contributed by atoms with Gasteiger partial charge in [-0.05, 0) is 60.9 Å². The highest BCUT2D eigenvalue weighted by atomic mass is 79.9. The van der Waals surface area contributed by atoms with Crippen molar-refractivity contribution in [1.29, 1.82) is 0 Å². The molecule has 11 heteroatoms. The zero-order valence-corrected chi connectivity index (χ0v) is 26.4. The molecule has 214 valence electrons. The van der Waals surface area contributed by atoms with Crippen molar-refractivity contribution in [2.45, 2.75) is 45.3 Å². The predicted octanol–water partition coefficient (Wildman–Crippen LogP) is 6.08. The van der Waals surface area contributed by atoms with Crippen molar-refractivity contribution in [3.63, 3.8) is 0 Å². The van der Waals surface area contributed by atoms with Crippen molar-refractivity contribution in [3.05, 3.63) is 98.4 Å². The summed E-state index contributed by atoms with van der Waals surface area (Å²) >= 11 is 15.7. The van der Waals surface area contributed by atoms with Gasteiger partial charge in [-0.15, -0.1) is 0 Å². The molecule has 0 aliphatic heterocycles. The number of nitrogens with one attached hydrogen (secondary N) is 1. The van der Waals surface area contributed by atoms with Gasteiger partial charge in [0.15, 0.2) is 0 Å². The second-order valence-corrected chi connectivity index (χ2v) is 13.2. The Labute approximate surface area is 254 Å². The molecule has 0 fully saturated rings. The predicted molar refractivity (Wildman–Crippen MR) is 165 cm³/mol. The van der Waals surface area contributed by atoms with Gasteiger partial charge < -0.3 is 10.2 Å². The molecule has 40 heavy (non-hydrogen) atoms. The van der Waals surface area contributed by atoms with E-state index in [2.05, 4.69) is 21.2 Å². The smallest absolute Gasteiger partial charge is 0.244 e. The number of sulfonamides is 1. The fourth-order valence-corrected chi connectivity index (χ4v) is 5.49. The third-order valence-electron chi connectivity index (χ3n) is 6.40. The average molecular weight is 669 g/mol. The SMILES string of the molecule is CC[C@@H](C)NC(=O)[C@H](Cc1ccccc1)N(Cc1ccc(Cl)c(Cl)c1)C(=O)CN(c1ccc(Br)cc1)S(C)(=O)=O. The van der Waals surface area contributed by atoms with E-state index < -0.39 is 28.5 Å². The number of carbonyl (C=O) groups excluding carboxylic acids is 2. The molecule has 2 atom stereocenters. The molecule has 3 aromatic carbocycles. The highest BCUT2D eigenvalue weighted by Gasteiger charge is 2.33. The van der Waals surface area contributed by atoms with Crippen molar-refractivity contribution in [3.8, 4) is 0 Å². The summed E-state index contributed by atoms with van der Waals surface area (Å²) in [5, 5.41) is 3.66. The van der Waals surface area contributed by atoms with E-state index in [9.17, 15) is 18.0 Å². The molecule has 0 radical (unpaired) electrons. The third kappa shape index (κ3) is 8.96. The van der Waals surface area contributed by atoms with Crippen molar-refractivity contribution in [2.24, 2.45) is 0 Å². The van der Waals surface area contributed by atoms with E-state index in [0.717, 1.165) is 20.6 Å². The van der Waals surface area contributed by atoms with Gasteiger partial charge in [0.25, 0.3) is 0 Å². The quantitative estimate of drug-likeness (QED) is 0.254. The van der Waals surface area contributed by atoms with Crippen LogP contribution in [0.1, 0.15) is 31.4 Å². The van der Waals surface area contributed by atoms with Crippen molar-refractivity contribution < 1.29 is 18.0 Å². The van der Waals surface area contributed by atoms with E-state index >= 15 is 0 Å². The fourth-order valence-electron chi connectivity index (χ4n) is 4.05. The van der Waals surface area contributed by atoms with Gasteiger partial charge in [0.1, 0.15) is 12.6 Å². The number of hydrogen-bond acceptors (Lipinski definition) is 4. The Morgan fingerprint density at radius 3 is 2.17 bits per heavy atom.